The topological polar surface area (TPSA) is 57.6 Å². The number of benzene rings is 1. The molecule has 0 radical (unpaired) electrons. The minimum atomic E-state index is -3.49. The minimum absolute atomic E-state index is 0.0194. The molecule has 112 valence electrons. The van der Waals surface area contributed by atoms with Crippen LogP contribution < -0.4 is 0 Å². The molecule has 1 heterocycles. The molecule has 1 aliphatic rings. The highest BCUT2D eigenvalue weighted by Gasteiger charge is 2.35. The summed E-state index contributed by atoms with van der Waals surface area (Å²) in [7, 11) is -3.49. The average Bonchev–Trinajstić information content (AvgIpc) is 2.41. The first-order valence-corrected chi connectivity index (χ1v) is 8.54. The Morgan fingerprint density at radius 3 is 2.70 bits per heavy atom. The monoisotopic (exact) mass is 297 g/mol. The summed E-state index contributed by atoms with van der Waals surface area (Å²) in [6.45, 7) is 6.28. The third kappa shape index (κ3) is 2.62. The van der Waals surface area contributed by atoms with Gasteiger partial charge in [-0.2, -0.15) is 4.31 Å². The number of aliphatic hydroxyl groups is 1. The van der Waals surface area contributed by atoms with E-state index in [4.69, 9.17) is 0 Å². The summed E-state index contributed by atoms with van der Waals surface area (Å²) >= 11 is 0. The van der Waals surface area contributed by atoms with Gasteiger partial charge in [0.25, 0.3) is 0 Å². The summed E-state index contributed by atoms with van der Waals surface area (Å²) in [6.07, 6.45) is 1.98. The lowest BCUT2D eigenvalue weighted by molar-refractivity contribution is 0.202. The van der Waals surface area contributed by atoms with Gasteiger partial charge in [0.1, 0.15) is 0 Å². The van der Waals surface area contributed by atoms with Crippen LogP contribution in [0.4, 0.5) is 0 Å². The zero-order chi connectivity index (χ0) is 14.9. The van der Waals surface area contributed by atoms with Crippen molar-refractivity contribution in [2.45, 2.75) is 51.2 Å². The molecule has 1 aromatic rings. The van der Waals surface area contributed by atoms with Crippen LogP contribution >= 0.6 is 0 Å². The summed E-state index contributed by atoms with van der Waals surface area (Å²) in [5.74, 6) is 0.375. The van der Waals surface area contributed by atoms with Gasteiger partial charge >= 0.3 is 0 Å². The smallest absolute Gasteiger partial charge is 0.243 e. The highest BCUT2D eigenvalue weighted by molar-refractivity contribution is 7.89. The van der Waals surface area contributed by atoms with E-state index in [1.807, 2.05) is 6.92 Å². The molecule has 0 spiro atoms. The standard InChI is InChI=1S/C15H23NO3S/c1-11-6-5-9-16(13(11)3)20(18,19)15-8-4-7-14(10-17)12(15)2/h4,7-8,11,13,17H,5-6,9-10H2,1-3H3. The molecule has 0 aliphatic carbocycles. The van der Waals surface area contributed by atoms with Gasteiger partial charge < -0.3 is 5.11 Å². The van der Waals surface area contributed by atoms with Crippen molar-refractivity contribution in [2.75, 3.05) is 6.54 Å². The molecule has 1 saturated heterocycles. The molecule has 5 heteroatoms. The molecular weight excluding hydrogens is 274 g/mol. The maximum atomic E-state index is 12.9. The van der Waals surface area contributed by atoms with Gasteiger partial charge in [-0.3, -0.25) is 0 Å². The van der Waals surface area contributed by atoms with E-state index in [0.717, 1.165) is 12.8 Å². The van der Waals surface area contributed by atoms with Crippen LogP contribution in [-0.4, -0.2) is 30.4 Å². The maximum Gasteiger partial charge on any atom is 0.243 e. The van der Waals surface area contributed by atoms with Crippen molar-refractivity contribution >= 4 is 10.0 Å². The van der Waals surface area contributed by atoms with Gasteiger partial charge in [-0.25, -0.2) is 8.42 Å². The molecule has 0 saturated carbocycles. The van der Waals surface area contributed by atoms with Crippen LogP contribution in [0.3, 0.4) is 0 Å². The lowest BCUT2D eigenvalue weighted by Gasteiger charge is -2.37. The highest BCUT2D eigenvalue weighted by atomic mass is 32.2. The van der Waals surface area contributed by atoms with E-state index in [2.05, 4.69) is 6.92 Å². The molecule has 0 amide bonds. The molecule has 2 atom stereocenters. The lowest BCUT2D eigenvalue weighted by atomic mass is 9.94. The van der Waals surface area contributed by atoms with Gasteiger partial charge in [0.05, 0.1) is 11.5 Å². The Bertz CT molecular complexity index is 583. The fraction of sp³-hybridized carbons (Fsp3) is 0.600. The lowest BCUT2D eigenvalue weighted by Crippen LogP contribution is -2.46. The Balaban J connectivity index is 2.45. The number of aliphatic hydroxyl groups excluding tert-OH is 1. The molecule has 1 aromatic carbocycles. The fourth-order valence-electron chi connectivity index (χ4n) is 2.87. The van der Waals surface area contributed by atoms with Crippen LogP contribution in [0.15, 0.2) is 23.1 Å². The van der Waals surface area contributed by atoms with Crippen molar-refractivity contribution in [1.82, 2.24) is 4.31 Å². The van der Waals surface area contributed by atoms with Gasteiger partial charge in [-0.05, 0) is 49.8 Å². The van der Waals surface area contributed by atoms with Crippen LogP contribution in [-0.2, 0) is 16.6 Å². The molecule has 0 aromatic heterocycles. The summed E-state index contributed by atoms with van der Waals surface area (Å²) in [4.78, 5) is 0.324. The maximum absolute atomic E-state index is 12.9. The van der Waals surface area contributed by atoms with Crippen molar-refractivity contribution in [3.8, 4) is 0 Å². The number of hydrogen-bond acceptors (Lipinski definition) is 3. The van der Waals surface area contributed by atoms with E-state index < -0.39 is 10.0 Å². The Labute approximate surface area is 121 Å². The van der Waals surface area contributed by atoms with Crippen LogP contribution in [0.2, 0.25) is 0 Å². The number of hydrogen-bond donors (Lipinski definition) is 1. The molecule has 1 N–H and O–H groups in total. The molecule has 2 rings (SSSR count). The molecule has 1 fully saturated rings. The quantitative estimate of drug-likeness (QED) is 0.931. The first-order valence-electron chi connectivity index (χ1n) is 7.10. The third-order valence-electron chi connectivity index (χ3n) is 4.47. The molecule has 4 nitrogen and oxygen atoms in total. The van der Waals surface area contributed by atoms with Gasteiger partial charge in [0, 0.05) is 12.6 Å². The number of piperidine rings is 1. The third-order valence-corrected chi connectivity index (χ3v) is 6.60. The molecule has 1 aliphatic heterocycles. The zero-order valence-electron chi connectivity index (χ0n) is 12.3. The summed E-state index contributed by atoms with van der Waals surface area (Å²) in [5, 5.41) is 9.30. The highest BCUT2D eigenvalue weighted by Crippen LogP contribution is 2.30. The largest absolute Gasteiger partial charge is 0.392 e. The van der Waals surface area contributed by atoms with Crippen molar-refractivity contribution < 1.29 is 13.5 Å². The predicted octanol–water partition coefficient (Wildman–Crippen LogP) is 2.30. The normalized spacial score (nSPS) is 24.8. The Hall–Kier alpha value is -0.910. The summed E-state index contributed by atoms with van der Waals surface area (Å²) in [6, 6.07) is 5.11. The van der Waals surface area contributed by atoms with Gasteiger partial charge in [-0.15, -0.1) is 0 Å². The number of nitrogens with zero attached hydrogens (tertiary/aromatic N) is 1. The van der Waals surface area contributed by atoms with E-state index in [0.29, 0.717) is 28.5 Å². The predicted molar refractivity (Wildman–Crippen MR) is 78.9 cm³/mol. The fourth-order valence-corrected chi connectivity index (χ4v) is 4.91. The van der Waals surface area contributed by atoms with Crippen molar-refractivity contribution in [2.24, 2.45) is 5.92 Å². The molecular formula is C15H23NO3S. The second kappa shape index (κ2) is 5.84. The molecule has 20 heavy (non-hydrogen) atoms. The van der Waals surface area contributed by atoms with Gasteiger partial charge in [0.2, 0.25) is 10.0 Å². The molecule has 2 unspecified atom stereocenters. The van der Waals surface area contributed by atoms with Crippen LogP contribution in [0.5, 0.6) is 0 Å². The molecule has 0 bridgehead atoms. The van der Waals surface area contributed by atoms with E-state index in [9.17, 15) is 13.5 Å². The average molecular weight is 297 g/mol. The van der Waals surface area contributed by atoms with E-state index >= 15 is 0 Å². The van der Waals surface area contributed by atoms with Crippen molar-refractivity contribution in [1.29, 1.82) is 0 Å². The Morgan fingerprint density at radius 2 is 2.05 bits per heavy atom. The van der Waals surface area contributed by atoms with Gasteiger partial charge in [0.15, 0.2) is 0 Å². The Kier molecular flexibility index (Phi) is 4.52. The van der Waals surface area contributed by atoms with E-state index in [1.54, 1.807) is 29.4 Å². The van der Waals surface area contributed by atoms with Crippen molar-refractivity contribution in [3.05, 3.63) is 29.3 Å². The van der Waals surface area contributed by atoms with Crippen LogP contribution in [0, 0.1) is 12.8 Å². The second-order valence-corrected chi connectivity index (χ2v) is 7.53. The van der Waals surface area contributed by atoms with E-state index in [-0.39, 0.29) is 12.6 Å². The number of rotatable bonds is 3. The summed E-state index contributed by atoms with van der Waals surface area (Å²) in [5.41, 5.74) is 1.32. The SMILES string of the molecule is Cc1c(CO)cccc1S(=O)(=O)N1CCCC(C)C1C. The van der Waals surface area contributed by atoms with Crippen LogP contribution in [0.1, 0.15) is 37.8 Å². The Morgan fingerprint density at radius 1 is 1.35 bits per heavy atom. The second-order valence-electron chi connectivity index (χ2n) is 5.67. The first kappa shape index (κ1) is 15.5. The first-order chi connectivity index (χ1) is 9.39. The number of sulfonamides is 1. The van der Waals surface area contributed by atoms with E-state index in [1.165, 1.54) is 0 Å². The van der Waals surface area contributed by atoms with Crippen molar-refractivity contribution in [3.63, 3.8) is 0 Å². The van der Waals surface area contributed by atoms with Crippen LogP contribution in [0.25, 0.3) is 0 Å². The zero-order valence-corrected chi connectivity index (χ0v) is 13.2. The summed E-state index contributed by atoms with van der Waals surface area (Å²) < 4.78 is 27.4. The van der Waals surface area contributed by atoms with Gasteiger partial charge in [-0.1, -0.05) is 19.1 Å². The minimum Gasteiger partial charge on any atom is -0.392 e.